The summed E-state index contributed by atoms with van der Waals surface area (Å²) in [6.07, 6.45) is 3.56. The zero-order chi connectivity index (χ0) is 54.4. The molecule has 0 saturated heterocycles. The number of ether oxygens (including phenoxy) is 2. The van der Waals surface area contributed by atoms with Crippen LogP contribution in [0.15, 0.2) is 87.5 Å². The largest absolute Gasteiger partial charge is 0.443 e. The van der Waals surface area contributed by atoms with E-state index < -0.39 is 66.5 Å². The number of sulfonamides is 3. The van der Waals surface area contributed by atoms with Crippen molar-refractivity contribution in [3.8, 4) is 0 Å². The zero-order valence-corrected chi connectivity index (χ0v) is 48.3. The van der Waals surface area contributed by atoms with Gasteiger partial charge in [-0.1, -0.05) is 149 Å². The molecule has 0 heterocycles. The molecule has 0 fully saturated rings. The lowest BCUT2D eigenvalue weighted by molar-refractivity contribution is 0.0391. The first-order valence-electron chi connectivity index (χ1n) is 24.7. The minimum atomic E-state index is -4.57. The van der Waals surface area contributed by atoms with Gasteiger partial charge in [-0.2, -0.15) is 12.9 Å². The molecule has 0 N–H and O–H groups in total. The maximum atomic E-state index is 14.9. The van der Waals surface area contributed by atoms with Crippen molar-refractivity contribution in [1.82, 2.24) is 12.9 Å². The van der Waals surface area contributed by atoms with Crippen LogP contribution in [0.25, 0.3) is 0 Å². The third kappa shape index (κ3) is 15.7. The molecule has 396 valence electrons. The second-order valence-electron chi connectivity index (χ2n) is 22.1. The standard InChI is InChI=1S/C55H83N3O10S3/c1-36(2)43-32-46(38(5)6)50(47(33-43)39(7)8)70(63,64)57(52(59)67-54(14,15)16)30-22-20-28-56(69(61,62)45-26-24-42(13)25-27-45)29-21-23-31-58(53(60)68-55(17,18)19)71(65,66)51-48(40(9)10)34-44(37(3)4)35-49(51)41(11)12/h20-27,32-41H,28-31H2,1-19H3/b22-20+,23-21+. The molecule has 0 spiro atoms. The first kappa shape index (κ1) is 60.8. The Kier molecular flexibility index (Phi) is 20.6. The molecule has 13 nitrogen and oxygen atoms in total. The highest BCUT2D eigenvalue weighted by Crippen LogP contribution is 2.39. The van der Waals surface area contributed by atoms with Gasteiger partial charge in [-0.15, -0.1) is 0 Å². The summed E-state index contributed by atoms with van der Waals surface area (Å²) in [5.74, 6) is -0.653. The average molecular weight is 1040 g/mol. The van der Waals surface area contributed by atoms with Crippen LogP contribution in [0.1, 0.15) is 199 Å². The van der Waals surface area contributed by atoms with Gasteiger partial charge < -0.3 is 9.47 Å². The summed E-state index contributed by atoms with van der Waals surface area (Å²) in [6, 6.07) is 13.8. The Morgan fingerprint density at radius 1 is 0.465 bits per heavy atom. The van der Waals surface area contributed by atoms with Crippen LogP contribution < -0.4 is 0 Å². The highest BCUT2D eigenvalue weighted by molar-refractivity contribution is 7.90. The van der Waals surface area contributed by atoms with Gasteiger partial charge in [-0.3, -0.25) is 0 Å². The van der Waals surface area contributed by atoms with Crippen LogP contribution in [0.4, 0.5) is 9.59 Å². The molecule has 0 aliphatic carbocycles. The number of hydrogen-bond acceptors (Lipinski definition) is 10. The van der Waals surface area contributed by atoms with E-state index in [9.17, 15) is 34.8 Å². The van der Waals surface area contributed by atoms with E-state index in [-0.39, 0.29) is 63.3 Å². The van der Waals surface area contributed by atoms with Gasteiger partial charge in [0.25, 0.3) is 20.0 Å². The summed E-state index contributed by atoms with van der Waals surface area (Å²) in [4.78, 5) is 28.0. The van der Waals surface area contributed by atoms with Gasteiger partial charge in [-0.25, -0.2) is 34.8 Å². The van der Waals surface area contributed by atoms with Crippen LogP contribution in [0.5, 0.6) is 0 Å². The second kappa shape index (κ2) is 24.0. The van der Waals surface area contributed by atoms with Crippen molar-refractivity contribution < 1.29 is 44.3 Å². The average Bonchev–Trinajstić information content (AvgIpc) is 3.22. The van der Waals surface area contributed by atoms with Gasteiger partial charge in [0.1, 0.15) is 11.2 Å². The highest BCUT2D eigenvalue weighted by Gasteiger charge is 2.39. The maximum absolute atomic E-state index is 14.9. The summed E-state index contributed by atoms with van der Waals surface area (Å²) in [5.41, 5.74) is 2.97. The molecule has 0 unspecified atom stereocenters. The van der Waals surface area contributed by atoms with Gasteiger partial charge in [0.05, 0.1) is 27.8 Å². The maximum Gasteiger partial charge on any atom is 0.424 e. The summed E-state index contributed by atoms with van der Waals surface area (Å²) < 4.78 is 102. The van der Waals surface area contributed by atoms with Crippen molar-refractivity contribution in [2.24, 2.45) is 0 Å². The van der Waals surface area contributed by atoms with Crippen LogP contribution >= 0.6 is 0 Å². The summed E-state index contributed by atoms with van der Waals surface area (Å²) in [7, 11) is -13.4. The molecular weight excluding hydrogens is 959 g/mol. The number of aryl methyl sites for hydroxylation is 1. The van der Waals surface area contributed by atoms with Crippen molar-refractivity contribution in [2.45, 2.75) is 193 Å². The molecule has 0 aromatic heterocycles. The molecule has 71 heavy (non-hydrogen) atoms. The molecule has 0 aliphatic rings. The number of carbonyl (C=O) groups is 2. The van der Waals surface area contributed by atoms with Gasteiger partial charge in [0.15, 0.2) is 0 Å². The molecule has 0 bridgehead atoms. The Balaban J connectivity index is 2.18. The Labute approximate surface area is 428 Å². The minimum Gasteiger partial charge on any atom is -0.443 e. The zero-order valence-electron chi connectivity index (χ0n) is 45.9. The fourth-order valence-electron chi connectivity index (χ4n) is 7.62. The Bertz CT molecular complexity index is 2530. The van der Waals surface area contributed by atoms with Gasteiger partial charge >= 0.3 is 12.2 Å². The van der Waals surface area contributed by atoms with Gasteiger partial charge in [0, 0.05) is 13.1 Å². The molecule has 2 amide bonds. The number of hydrogen-bond donors (Lipinski definition) is 0. The van der Waals surface area contributed by atoms with Crippen molar-refractivity contribution in [2.75, 3.05) is 26.2 Å². The van der Waals surface area contributed by atoms with E-state index >= 15 is 0 Å². The van der Waals surface area contributed by atoms with E-state index in [0.29, 0.717) is 30.9 Å². The third-order valence-corrected chi connectivity index (χ3v) is 17.2. The van der Waals surface area contributed by atoms with Crippen LogP contribution in [-0.2, 0) is 39.5 Å². The Hall–Kier alpha value is -4.51. The molecule has 0 aliphatic heterocycles. The lowest BCUT2D eigenvalue weighted by Gasteiger charge is -2.29. The van der Waals surface area contributed by atoms with E-state index in [1.807, 2.05) is 114 Å². The number of benzene rings is 3. The molecule has 16 heteroatoms. The Morgan fingerprint density at radius 3 is 1.00 bits per heavy atom. The van der Waals surface area contributed by atoms with Crippen LogP contribution in [0.2, 0.25) is 0 Å². The summed E-state index contributed by atoms with van der Waals surface area (Å²) in [6.45, 7) is 33.5. The van der Waals surface area contributed by atoms with Gasteiger partial charge in [0.2, 0.25) is 10.0 Å². The first-order valence-corrected chi connectivity index (χ1v) is 29.0. The van der Waals surface area contributed by atoms with Crippen molar-refractivity contribution >= 4 is 42.3 Å². The minimum absolute atomic E-state index is 0.0135. The fraction of sp³-hybridized carbons (Fsp3) is 0.564. The number of amides is 2. The van der Waals surface area contributed by atoms with E-state index in [1.165, 1.54) is 36.4 Å². The highest BCUT2D eigenvalue weighted by atomic mass is 32.2. The predicted octanol–water partition coefficient (Wildman–Crippen LogP) is 13.1. The fourth-order valence-corrected chi connectivity index (χ4v) is 12.8. The van der Waals surface area contributed by atoms with Crippen molar-refractivity contribution in [3.05, 3.63) is 112 Å². The molecule has 3 aromatic rings. The first-order chi connectivity index (χ1) is 32.4. The molecule has 0 saturated carbocycles. The predicted molar refractivity (Wildman–Crippen MR) is 286 cm³/mol. The summed E-state index contributed by atoms with van der Waals surface area (Å²) in [5, 5.41) is 0. The van der Waals surface area contributed by atoms with Gasteiger partial charge in [-0.05, 0) is 129 Å². The molecule has 0 atom stereocenters. The lowest BCUT2D eigenvalue weighted by atomic mass is 9.89. The monoisotopic (exact) mass is 1040 g/mol. The number of nitrogens with zero attached hydrogens (tertiary/aromatic N) is 3. The molecule has 3 aromatic carbocycles. The normalized spacial score (nSPS) is 13.3. The molecule has 3 rings (SSSR count). The second-order valence-corrected chi connectivity index (χ2v) is 27.6. The smallest absolute Gasteiger partial charge is 0.424 e. The quantitative estimate of drug-likeness (QED) is 0.0995. The lowest BCUT2D eigenvalue weighted by Crippen LogP contribution is -2.42. The van der Waals surface area contributed by atoms with E-state index in [2.05, 4.69) is 0 Å². The van der Waals surface area contributed by atoms with E-state index in [0.717, 1.165) is 21.0 Å². The number of carbonyl (C=O) groups excluding carboxylic acids is 2. The van der Waals surface area contributed by atoms with Crippen LogP contribution in [-0.4, -0.2) is 87.7 Å². The Morgan fingerprint density at radius 2 is 0.746 bits per heavy atom. The van der Waals surface area contributed by atoms with E-state index in [1.54, 1.807) is 53.7 Å². The summed E-state index contributed by atoms with van der Waals surface area (Å²) >= 11 is 0. The van der Waals surface area contributed by atoms with E-state index in [4.69, 9.17) is 9.47 Å². The molecular formula is C55H83N3O10S3. The van der Waals surface area contributed by atoms with Crippen molar-refractivity contribution in [1.29, 1.82) is 0 Å². The molecule has 0 radical (unpaired) electrons. The van der Waals surface area contributed by atoms with Crippen molar-refractivity contribution in [3.63, 3.8) is 0 Å². The van der Waals surface area contributed by atoms with Crippen LogP contribution in [0, 0.1) is 6.92 Å². The van der Waals surface area contributed by atoms with Crippen LogP contribution in [0.3, 0.4) is 0 Å². The topological polar surface area (TPSA) is 165 Å². The SMILES string of the molecule is Cc1ccc(S(=O)(=O)N(C/C=C/CN(C(=O)OC(C)(C)C)S(=O)(=O)c2c(C(C)C)cc(C(C)C)cc2C(C)C)C/C=C/CN(C(=O)OC(C)(C)C)S(=O)(=O)c2c(C(C)C)cc(C(C)C)cc2C(C)C)cc1. The number of rotatable bonds is 20. The third-order valence-electron chi connectivity index (χ3n) is 11.6.